The molecule has 0 spiro atoms. The summed E-state index contributed by atoms with van der Waals surface area (Å²) in [6.07, 6.45) is -0.439. The minimum atomic E-state index is -0.439. The first-order valence-electron chi connectivity index (χ1n) is 7.03. The van der Waals surface area contributed by atoms with E-state index < -0.39 is 6.10 Å². The Hall–Kier alpha value is -0.770. The second-order valence-corrected chi connectivity index (χ2v) is 8.21. The van der Waals surface area contributed by atoms with E-state index in [2.05, 4.69) is 67.0 Å². The van der Waals surface area contributed by atoms with Gasteiger partial charge < -0.3 is 5.11 Å². The number of benzene rings is 2. The van der Waals surface area contributed by atoms with Gasteiger partial charge in [-0.25, -0.2) is 0 Å². The van der Waals surface area contributed by atoms with Crippen LogP contribution in [0.1, 0.15) is 44.9 Å². The van der Waals surface area contributed by atoms with Crippen molar-refractivity contribution >= 4 is 27.7 Å². The Morgan fingerprint density at radius 3 is 2.14 bits per heavy atom. The summed E-state index contributed by atoms with van der Waals surface area (Å²) in [5, 5.41) is 9.61. The van der Waals surface area contributed by atoms with Crippen LogP contribution in [0.25, 0.3) is 0 Å². The molecule has 2 aromatic rings. The van der Waals surface area contributed by atoms with Crippen molar-refractivity contribution in [2.24, 2.45) is 0 Å². The first kappa shape index (κ1) is 16.6. The predicted octanol–water partition coefficient (Wildman–Crippen LogP) is 5.95. The lowest BCUT2D eigenvalue weighted by Gasteiger charge is -2.19. The SMILES string of the molecule is C[C@@H](O)c1ccc(Sc2ccc(C(C)(C)C)cc2)c(Br)c1. The largest absolute Gasteiger partial charge is 0.389 e. The second-order valence-electron chi connectivity index (χ2n) is 6.24. The summed E-state index contributed by atoms with van der Waals surface area (Å²) in [6, 6.07) is 14.7. The summed E-state index contributed by atoms with van der Waals surface area (Å²) in [5.41, 5.74) is 2.45. The zero-order chi connectivity index (χ0) is 15.6. The lowest BCUT2D eigenvalue weighted by atomic mass is 9.87. The minimum Gasteiger partial charge on any atom is -0.389 e. The molecule has 1 N–H and O–H groups in total. The Labute approximate surface area is 139 Å². The topological polar surface area (TPSA) is 20.2 Å². The van der Waals surface area contributed by atoms with Crippen LogP contribution in [0, 0.1) is 0 Å². The maximum Gasteiger partial charge on any atom is 0.0762 e. The highest BCUT2D eigenvalue weighted by Crippen LogP contribution is 2.35. The lowest BCUT2D eigenvalue weighted by molar-refractivity contribution is 0.199. The molecule has 0 aliphatic carbocycles. The zero-order valence-corrected chi connectivity index (χ0v) is 15.3. The van der Waals surface area contributed by atoms with Gasteiger partial charge in [-0.3, -0.25) is 0 Å². The average Bonchev–Trinajstić information content (AvgIpc) is 2.40. The van der Waals surface area contributed by atoms with E-state index in [4.69, 9.17) is 0 Å². The molecule has 0 fully saturated rings. The molecule has 0 aromatic heterocycles. The van der Waals surface area contributed by atoms with Gasteiger partial charge in [0.05, 0.1) is 6.10 Å². The van der Waals surface area contributed by atoms with Crippen molar-refractivity contribution in [3.8, 4) is 0 Å². The first-order valence-corrected chi connectivity index (χ1v) is 8.64. The third kappa shape index (κ3) is 4.35. The summed E-state index contributed by atoms with van der Waals surface area (Å²) in [7, 11) is 0. The molecule has 0 saturated heterocycles. The molecule has 3 heteroatoms. The van der Waals surface area contributed by atoms with Crippen molar-refractivity contribution in [2.45, 2.75) is 49.0 Å². The summed E-state index contributed by atoms with van der Waals surface area (Å²) >= 11 is 5.31. The van der Waals surface area contributed by atoms with E-state index in [9.17, 15) is 5.11 Å². The van der Waals surface area contributed by atoms with Crippen LogP contribution in [0.2, 0.25) is 0 Å². The zero-order valence-electron chi connectivity index (χ0n) is 12.9. The molecular formula is C18H21BrOS. The fourth-order valence-corrected chi connectivity index (χ4v) is 3.47. The van der Waals surface area contributed by atoms with Crippen molar-refractivity contribution in [2.75, 3.05) is 0 Å². The van der Waals surface area contributed by atoms with Crippen LogP contribution in [0.3, 0.4) is 0 Å². The van der Waals surface area contributed by atoms with Gasteiger partial charge in [0.25, 0.3) is 0 Å². The number of rotatable bonds is 3. The fraction of sp³-hybridized carbons (Fsp3) is 0.333. The molecule has 0 unspecified atom stereocenters. The fourth-order valence-electron chi connectivity index (χ4n) is 2.01. The standard InChI is InChI=1S/C18H21BrOS/c1-12(20)13-5-10-17(16(19)11-13)21-15-8-6-14(7-9-15)18(2,3)4/h5-12,20H,1-4H3/t12-/m1/s1. The third-order valence-corrected chi connectivity index (χ3v) is 5.39. The van der Waals surface area contributed by atoms with Crippen molar-refractivity contribution < 1.29 is 5.11 Å². The van der Waals surface area contributed by atoms with E-state index in [1.165, 1.54) is 10.5 Å². The molecule has 2 aromatic carbocycles. The smallest absolute Gasteiger partial charge is 0.0762 e. The van der Waals surface area contributed by atoms with Gasteiger partial charge in [-0.05, 0) is 63.7 Å². The van der Waals surface area contributed by atoms with Gasteiger partial charge in [0, 0.05) is 14.3 Å². The maximum atomic E-state index is 9.61. The molecule has 0 radical (unpaired) electrons. The number of hydrogen-bond acceptors (Lipinski definition) is 2. The molecule has 0 saturated carbocycles. The Kier molecular flexibility index (Phi) is 5.18. The highest BCUT2D eigenvalue weighted by molar-refractivity contribution is 9.10. The van der Waals surface area contributed by atoms with E-state index in [-0.39, 0.29) is 5.41 Å². The second kappa shape index (κ2) is 6.55. The highest BCUT2D eigenvalue weighted by atomic mass is 79.9. The Balaban J connectivity index is 2.19. The van der Waals surface area contributed by atoms with Gasteiger partial charge in [0.15, 0.2) is 0 Å². The molecule has 0 bridgehead atoms. The van der Waals surface area contributed by atoms with Crippen molar-refractivity contribution in [1.82, 2.24) is 0 Å². The number of aliphatic hydroxyl groups excluding tert-OH is 1. The Morgan fingerprint density at radius 1 is 1.05 bits per heavy atom. The van der Waals surface area contributed by atoms with Crippen molar-refractivity contribution in [3.63, 3.8) is 0 Å². The normalized spacial score (nSPS) is 13.2. The van der Waals surface area contributed by atoms with Gasteiger partial charge in [0.1, 0.15) is 0 Å². The summed E-state index contributed by atoms with van der Waals surface area (Å²) in [5.74, 6) is 0. The van der Waals surface area contributed by atoms with E-state index in [0.717, 1.165) is 14.9 Å². The molecule has 21 heavy (non-hydrogen) atoms. The molecule has 112 valence electrons. The number of halogens is 1. The van der Waals surface area contributed by atoms with E-state index in [0.29, 0.717) is 0 Å². The lowest BCUT2D eigenvalue weighted by Crippen LogP contribution is -2.10. The van der Waals surface area contributed by atoms with Gasteiger partial charge in [0.2, 0.25) is 0 Å². The molecule has 0 aliphatic rings. The molecule has 0 heterocycles. The van der Waals surface area contributed by atoms with E-state index >= 15 is 0 Å². The Bertz CT molecular complexity index is 612. The molecule has 0 aliphatic heterocycles. The van der Waals surface area contributed by atoms with Crippen LogP contribution in [-0.4, -0.2) is 5.11 Å². The van der Waals surface area contributed by atoms with E-state index in [1.807, 2.05) is 12.1 Å². The number of aliphatic hydroxyl groups is 1. The number of hydrogen-bond donors (Lipinski definition) is 1. The third-order valence-electron chi connectivity index (χ3n) is 3.39. The van der Waals surface area contributed by atoms with E-state index in [1.54, 1.807) is 18.7 Å². The van der Waals surface area contributed by atoms with Crippen LogP contribution in [0.5, 0.6) is 0 Å². The van der Waals surface area contributed by atoms with Gasteiger partial charge in [-0.15, -0.1) is 0 Å². The monoisotopic (exact) mass is 364 g/mol. The van der Waals surface area contributed by atoms with Crippen LogP contribution in [0.4, 0.5) is 0 Å². The summed E-state index contributed by atoms with van der Waals surface area (Å²) in [6.45, 7) is 8.45. The Morgan fingerprint density at radius 2 is 1.67 bits per heavy atom. The van der Waals surface area contributed by atoms with Crippen LogP contribution in [0.15, 0.2) is 56.7 Å². The van der Waals surface area contributed by atoms with Crippen LogP contribution < -0.4 is 0 Å². The maximum absolute atomic E-state index is 9.61. The highest BCUT2D eigenvalue weighted by Gasteiger charge is 2.13. The summed E-state index contributed by atoms with van der Waals surface area (Å²) in [4.78, 5) is 2.37. The van der Waals surface area contributed by atoms with Crippen molar-refractivity contribution in [1.29, 1.82) is 0 Å². The predicted molar refractivity (Wildman–Crippen MR) is 94.0 cm³/mol. The first-order chi connectivity index (χ1) is 9.77. The molecule has 1 nitrogen and oxygen atoms in total. The van der Waals surface area contributed by atoms with Gasteiger partial charge in [-0.1, -0.05) is 50.7 Å². The molecule has 2 rings (SSSR count). The average molecular weight is 365 g/mol. The van der Waals surface area contributed by atoms with Crippen LogP contribution >= 0.6 is 27.7 Å². The molecular weight excluding hydrogens is 344 g/mol. The van der Waals surface area contributed by atoms with Gasteiger partial charge in [-0.2, -0.15) is 0 Å². The van der Waals surface area contributed by atoms with Crippen LogP contribution in [-0.2, 0) is 5.41 Å². The quantitative estimate of drug-likeness (QED) is 0.725. The van der Waals surface area contributed by atoms with Crippen molar-refractivity contribution in [3.05, 3.63) is 58.1 Å². The minimum absolute atomic E-state index is 0.183. The van der Waals surface area contributed by atoms with Gasteiger partial charge >= 0.3 is 0 Å². The molecule has 1 atom stereocenters. The molecule has 0 amide bonds. The summed E-state index contributed by atoms with van der Waals surface area (Å²) < 4.78 is 1.02.